The Kier molecular flexibility index (Phi) is 4.04. The maximum Gasteiger partial charge on any atom is 0.244 e. The van der Waals surface area contributed by atoms with E-state index in [1.165, 1.54) is 0 Å². The van der Waals surface area contributed by atoms with Gasteiger partial charge >= 0.3 is 0 Å². The van der Waals surface area contributed by atoms with Crippen molar-refractivity contribution < 1.29 is 13.2 Å². The highest BCUT2D eigenvalue weighted by Gasteiger charge is 2.41. The molecule has 0 amide bonds. The summed E-state index contributed by atoms with van der Waals surface area (Å²) in [5, 5.41) is 0.701. The van der Waals surface area contributed by atoms with Gasteiger partial charge in [-0.25, -0.2) is 8.42 Å². The van der Waals surface area contributed by atoms with Gasteiger partial charge in [0.05, 0.1) is 23.6 Å². The number of sulfonamides is 1. The van der Waals surface area contributed by atoms with Crippen molar-refractivity contribution in [2.75, 3.05) is 39.4 Å². The van der Waals surface area contributed by atoms with Gasteiger partial charge in [-0.2, -0.15) is 4.31 Å². The van der Waals surface area contributed by atoms with Crippen molar-refractivity contribution in [3.63, 3.8) is 0 Å². The predicted molar refractivity (Wildman–Crippen MR) is 91.4 cm³/mol. The lowest BCUT2D eigenvalue weighted by Gasteiger charge is -2.45. The standard InChI is InChI=1S/C17H21N3O3S/c1-13-4-5-16-15(3-2-6-18-16)17(13)24(21,22)20-11-14(12-20)19-7-9-23-10-8-19/h2-6,14H,7-12H2,1H3. The van der Waals surface area contributed by atoms with Crippen molar-refractivity contribution in [2.24, 2.45) is 0 Å². The van der Waals surface area contributed by atoms with Gasteiger partial charge < -0.3 is 4.74 Å². The first-order valence-corrected chi connectivity index (χ1v) is 9.67. The summed E-state index contributed by atoms with van der Waals surface area (Å²) in [5.41, 5.74) is 1.48. The van der Waals surface area contributed by atoms with Gasteiger partial charge in [-0.3, -0.25) is 9.88 Å². The molecule has 128 valence electrons. The van der Waals surface area contributed by atoms with Gasteiger partial charge in [-0.15, -0.1) is 0 Å². The molecule has 0 N–H and O–H groups in total. The molecule has 4 rings (SSSR count). The molecule has 0 bridgehead atoms. The molecule has 2 aliphatic heterocycles. The number of morpholine rings is 1. The fourth-order valence-electron chi connectivity index (χ4n) is 3.49. The average Bonchev–Trinajstić information content (AvgIpc) is 2.53. The second kappa shape index (κ2) is 6.07. The summed E-state index contributed by atoms with van der Waals surface area (Å²) in [6.07, 6.45) is 1.69. The van der Waals surface area contributed by atoms with Crippen molar-refractivity contribution in [3.8, 4) is 0 Å². The monoisotopic (exact) mass is 347 g/mol. The molecule has 7 heteroatoms. The van der Waals surface area contributed by atoms with E-state index in [9.17, 15) is 8.42 Å². The third kappa shape index (κ3) is 2.61. The van der Waals surface area contributed by atoms with Gasteiger partial charge in [0.1, 0.15) is 0 Å². The van der Waals surface area contributed by atoms with E-state index in [2.05, 4.69) is 9.88 Å². The summed E-state index contributed by atoms with van der Waals surface area (Å²) in [6, 6.07) is 7.63. The Morgan fingerprint density at radius 1 is 1.17 bits per heavy atom. The van der Waals surface area contributed by atoms with Crippen LogP contribution in [0, 0.1) is 6.92 Å². The summed E-state index contributed by atoms with van der Waals surface area (Å²) in [5.74, 6) is 0. The molecule has 0 aliphatic carbocycles. The molecule has 2 saturated heterocycles. The van der Waals surface area contributed by atoms with Gasteiger partial charge in [-0.1, -0.05) is 6.07 Å². The molecular formula is C17H21N3O3S. The van der Waals surface area contributed by atoms with Crippen molar-refractivity contribution >= 4 is 20.9 Å². The number of hydrogen-bond donors (Lipinski definition) is 0. The number of ether oxygens (including phenoxy) is 1. The van der Waals surface area contributed by atoms with E-state index in [4.69, 9.17) is 4.74 Å². The first-order valence-electron chi connectivity index (χ1n) is 8.23. The highest BCUT2D eigenvalue weighted by molar-refractivity contribution is 7.89. The van der Waals surface area contributed by atoms with Crippen LogP contribution in [0.15, 0.2) is 35.4 Å². The Morgan fingerprint density at radius 2 is 1.92 bits per heavy atom. The molecule has 3 heterocycles. The molecule has 6 nitrogen and oxygen atoms in total. The minimum absolute atomic E-state index is 0.303. The van der Waals surface area contributed by atoms with Crippen LogP contribution in [0.3, 0.4) is 0 Å². The Hall–Kier alpha value is -1.54. The largest absolute Gasteiger partial charge is 0.379 e. The minimum atomic E-state index is -3.50. The number of fused-ring (bicyclic) bond motifs is 1. The van der Waals surface area contributed by atoms with E-state index in [1.807, 2.05) is 25.1 Å². The van der Waals surface area contributed by atoms with E-state index in [1.54, 1.807) is 16.6 Å². The molecule has 2 fully saturated rings. The third-order valence-corrected chi connectivity index (χ3v) is 6.96. The van der Waals surface area contributed by atoms with E-state index < -0.39 is 10.0 Å². The normalized spacial score (nSPS) is 21.0. The first kappa shape index (κ1) is 16.0. The zero-order chi connectivity index (χ0) is 16.7. The molecule has 0 saturated carbocycles. The topological polar surface area (TPSA) is 62.7 Å². The average molecular weight is 347 g/mol. The van der Waals surface area contributed by atoms with Gasteiger partial charge in [0.25, 0.3) is 0 Å². The lowest BCUT2D eigenvalue weighted by Crippen LogP contribution is -2.62. The zero-order valence-corrected chi connectivity index (χ0v) is 14.5. The van der Waals surface area contributed by atoms with Gasteiger partial charge in [0.15, 0.2) is 0 Å². The van der Waals surface area contributed by atoms with Crippen molar-refractivity contribution in [1.82, 2.24) is 14.2 Å². The summed E-state index contributed by atoms with van der Waals surface area (Å²) < 4.78 is 33.2. The molecule has 0 atom stereocenters. The molecule has 1 aromatic heterocycles. The second-order valence-corrected chi connectivity index (χ2v) is 8.28. The lowest BCUT2D eigenvalue weighted by atomic mass is 10.1. The van der Waals surface area contributed by atoms with Gasteiger partial charge in [-0.05, 0) is 30.7 Å². The van der Waals surface area contributed by atoms with Crippen LogP contribution in [0.4, 0.5) is 0 Å². The number of rotatable bonds is 3. The third-order valence-electron chi connectivity index (χ3n) is 4.92. The molecule has 1 aromatic carbocycles. The Bertz CT molecular complexity index is 857. The summed E-state index contributed by atoms with van der Waals surface area (Å²) in [6.45, 7) is 6.19. The number of nitrogens with zero attached hydrogens (tertiary/aromatic N) is 3. The number of pyridine rings is 1. The summed E-state index contributed by atoms with van der Waals surface area (Å²) in [4.78, 5) is 7.01. The number of aromatic nitrogens is 1. The molecule has 2 aromatic rings. The van der Waals surface area contributed by atoms with E-state index in [-0.39, 0.29) is 0 Å². The van der Waals surface area contributed by atoms with Crippen LogP contribution in [-0.2, 0) is 14.8 Å². The lowest BCUT2D eigenvalue weighted by molar-refractivity contribution is -0.0116. The Balaban J connectivity index is 1.61. The fraction of sp³-hybridized carbons (Fsp3) is 0.471. The molecule has 0 unspecified atom stereocenters. The number of aryl methyl sites for hydroxylation is 1. The van der Waals surface area contributed by atoms with Crippen molar-refractivity contribution in [1.29, 1.82) is 0 Å². The highest BCUT2D eigenvalue weighted by atomic mass is 32.2. The maximum atomic E-state index is 13.1. The van der Waals surface area contributed by atoms with Gasteiger partial charge in [0.2, 0.25) is 10.0 Å². The summed E-state index contributed by atoms with van der Waals surface area (Å²) in [7, 11) is -3.50. The second-order valence-electron chi connectivity index (χ2n) is 6.41. The molecule has 0 radical (unpaired) electrons. The smallest absolute Gasteiger partial charge is 0.244 e. The predicted octanol–water partition coefficient (Wildman–Crippen LogP) is 1.25. The maximum absolute atomic E-state index is 13.1. The Labute approximate surface area is 142 Å². The minimum Gasteiger partial charge on any atom is -0.379 e. The molecule has 24 heavy (non-hydrogen) atoms. The van der Waals surface area contributed by atoms with Crippen LogP contribution >= 0.6 is 0 Å². The van der Waals surface area contributed by atoms with Crippen molar-refractivity contribution in [3.05, 3.63) is 36.0 Å². The van der Waals surface area contributed by atoms with Crippen LogP contribution in [0.25, 0.3) is 10.9 Å². The van der Waals surface area contributed by atoms with Gasteiger partial charge in [0, 0.05) is 43.8 Å². The fourth-order valence-corrected chi connectivity index (χ4v) is 5.41. The van der Waals surface area contributed by atoms with Crippen LogP contribution in [0.5, 0.6) is 0 Å². The van der Waals surface area contributed by atoms with E-state index >= 15 is 0 Å². The van der Waals surface area contributed by atoms with Crippen LogP contribution in [0.1, 0.15) is 5.56 Å². The molecular weight excluding hydrogens is 326 g/mol. The van der Waals surface area contributed by atoms with Crippen LogP contribution < -0.4 is 0 Å². The summed E-state index contributed by atoms with van der Waals surface area (Å²) >= 11 is 0. The zero-order valence-electron chi connectivity index (χ0n) is 13.7. The SMILES string of the molecule is Cc1ccc2ncccc2c1S(=O)(=O)N1CC(N2CCOCC2)C1. The Morgan fingerprint density at radius 3 is 2.67 bits per heavy atom. The molecule has 0 spiro atoms. The molecule has 2 aliphatic rings. The number of hydrogen-bond acceptors (Lipinski definition) is 5. The first-order chi connectivity index (χ1) is 11.6. The number of benzene rings is 1. The highest BCUT2D eigenvalue weighted by Crippen LogP contribution is 2.31. The van der Waals surface area contributed by atoms with Crippen LogP contribution in [0.2, 0.25) is 0 Å². The van der Waals surface area contributed by atoms with E-state index in [0.717, 1.165) is 31.9 Å². The van der Waals surface area contributed by atoms with Crippen LogP contribution in [-0.4, -0.2) is 68.0 Å². The van der Waals surface area contributed by atoms with E-state index in [0.29, 0.717) is 34.9 Å². The van der Waals surface area contributed by atoms with Crippen molar-refractivity contribution in [2.45, 2.75) is 17.9 Å². The quantitative estimate of drug-likeness (QED) is 0.836.